The van der Waals surface area contributed by atoms with Gasteiger partial charge in [0.2, 0.25) is 0 Å². The Morgan fingerprint density at radius 1 is 1.31 bits per heavy atom. The number of thioether (sulfide) groups is 1. The van der Waals surface area contributed by atoms with Crippen molar-refractivity contribution in [2.45, 2.75) is 31.7 Å². The van der Waals surface area contributed by atoms with Gasteiger partial charge in [0.15, 0.2) is 5.17 Å². The summed E-state index contributed by atoms with van der Waals surface area (Å²) in [6, 6.07) is 11.6. The molecule has 0 bridgehead atoms. The fourth-order valence-corrected chi connectivity index (χ4v) is 4.30. The lowest BCUT2D eigenvalue weighted by Crippen LogP contribution is -2.28. The minimum absolute atomic E-state index is 0.214. The second-order valence-corrected chi connectivity index (χ2v) is 8.93. The molecule has 1 aliphatic heterocycles. The molecule has 154 valence electrons. The third-order valence-electron chi connectivity index (χ3n) is 5.07. The molecule has 7 heteroatoms. The molecular formula is C22H29N5OS. The number of aliphatic imine (C=N–C) groups is 1. The summed E-state index contributed by atoms with van der Waals surface area (Å²) in [5.74, 6) is 0.724. The van der Waals surface area contributed by atoms with Gasteiger partial charge in [-0.2, -0.15) is 0 Å². The molecule has 6 nitrogen and oxygen atoms in total. The Hall–Kier alpha value is -2.38. The van der Waals surface area contributed by atoms with Gasteiger partial charge in [-0.3, -0.25) is 14.8 Å². The summed E-state index contributed by atoms with van der Waals surface area (Å²) in [6.07, 6.45) is 4.72. The Morgan fingerprint density at radius 2 is 2.14 bits per heavy atom. The number of benzene rings is 1. The van der Waals surface area contributed by atoms with E-state index < -0.39 is 0 Å². The van der Waals surface area contributed by atoms with Crippen LogP contribution < -0.4 is 11.1 Å². The standard InChI is InChI=1S/C22H29N5OS/c1-22(11-13-29-21(23)26-22)17-7-4-8-18(14-17)25-20(28)19-10-9-16(15-24-19)6-5-12-27(2)3/h4,7-10,14-15H,5-6,11-13H2,1-3H3,(H2,23,26)(H,25,28). The molecular weight excluding hydrogens is 382 g/mol. The van der Waals surface area contributed by atoms with Crippen molar-refractivity contribution in [3.63, 3.8) is 0 Å². The average molecular weight is 412 g/mol. The summed E-state index contributed by atoms with van der Waals surface area (Å²) in [5.41, 5.74) is 8.91. The summed E-state index contributed by atoms with van der Waals surface area (Å²) >= 11 is 1.58. The summed E-state index contributed by atoms with van der Waals surface area (Å²) < 4.78 is 0. The fourth-order valence-electron chi connectivity index (χ4n) is 3.33. The van der Waals surface area contributed by atoms with Crippen molar-refractivity contribution in [1.82, 2.24) is 9.88 Å². The van der Waals surface area contributed by atoms with E-state index >= 15 is 0 Å². The van der Waals surface area contributed by atoms with E-state index in [4.69, 9.17) is 5.73 Å². The third kappa shape index (κ3) is 5.81. The SMILES string of the molecule is CN(C)CCCc1ccc(C(=O)Nc2cccc(C3(C)CCSC(N)=N3)c2)nc1. The maximum Gasteiger partial charge on any atom is 0.274 e. The highest BCUT2D eigenvalue weighted by atomic mass is 32.2. The monoisotopic (exact) mass is 411 g/mol. The van der Waals surface area contributed by atoms with Crippen LogP contribution >= 0.6 is 11.8 Å². The molecule has 2 aromatic rings. The molecule has 0 fully saturated rings. The van der Waals surface area contributed by atoms with Gasteiger partial charge >= 0.3 is 0 Å². The van der Waals surface area contributed by atoms with Crippen LogP contribution in [-0.2, 0) is 12.0 Å². The average Bonchev–Trinajstić information content (AvgIpc) is 2.68. The van der Waals surface area contributed by atoms with E-state index in [1.807, 2.05) is 30.3 Å². The van der Waals surface area contributed by atoms with Gasteiger partial charge in [0.1, 0.15) is 5.69 Å². The molecule has 3 N–H and O–H groups in total. The number of anilines is 1. The number of pyridine rings is 1. The molecule has 0 saturated heterocycles. The minimum atomic E-state index is -0.359. The lowest BCUT2D eigenvalue weighted by Gasteiger charge is -2.30. The maximum atomic E-state index is 12.6. The largest absolute Gasteiger partial charge is 0.379 e. The number of aryl methyl sites for hydroxylation is 1. The number of rotatable bonds is 7. The number of carbonyl (C=O) groups excluding carboxylic acids is 1. The van der Waals surface area contributed by atoms with Crippen molar-refractivity contribution in [1.29, 1.82) is 0 Å². The highest BCUT2D eigenvalue weighted by molar-refractivity contribution is 8.13. The van der Waals surface area contributed by atoms with E-state index in [1.54, 1.807) is 24.0 Å². The molecule has 1 atom stereocenters. The summed E-state index contributed by atoms with van der Waals surface area (Å²) in [7, 11) is 4.13. The van der Waals surface area contributed by atoms with Gasteiger partial charge in [0, 0.05) is 17.6 Å². The first-order valence-corrected chi connectivity index (χ1v) is 10.8. The highest BCUT2D eigenvalue weighted by Crippen LogP contribution is 2.35. The van der Waals surface area contributed by atoms with Gasteiger partial charge in [-0.25, -0.2) is 0 Å². The van der Waals surface area contributed by atoms with E-state index in [2.05, 4.69) is 41.2 Å². The third-order valence-corrected chi connectivity index (χ3v) is 5.86. The van der Waals surface area contributed by atoms with Gasteiger partial charge in [-0.15, -0.1) is 0 Å². The number of nitrogens with one attached hydrogen (secondary N) is 1. The Labute approximate surface area is 177 Å². The number of amides is 1. The normalized spacial score (nSPS) is 19.1. The number of nitrogens with two attached hydrogens (primary N) is 1. The first kappa shape index (κ1) is 21.3. The van der Waals surface area contributed by atoms with Crippen LogP contribution in [0.25, 0.3) is 0 Å². The molecule has 1 unspecified atom stereocenters. The maximum absolute atomic E-state index is 12.6. The van der Waals surface area contributed by atoms with Gasteiger partial charge in [-0.1, -0.05) is 30.0 Å². The van der Waals surface area contributed by atoms with Crippen molar-refractivity contribution in [3.05, 3.63) is 59.4 Å². The van der Waals surface area contributed by atoms with Crippen LogP contribution in [0.4, 0.5) is 5.69 Å². The van der Waals surface area contributed by atoms with Gasteiger partial charge < -0.3 is 16.0 Å². The second-order valence-electron chi connectivity index (χ2n) is 7.82. The zero-order valence-corrected chi connectivity index (χ0v) is 18.1. The fraction of sp³-hybridized carbons (Fsp3) is 0.409. The van der Waals surface area contributed by atoms with Crippen molar-refractivity contribution >= 4 is 28.5 Å². The summed E-state index contributed by atoms with van der Waals surface area (Å²) in [6.45, 7) is 3.11. The van der Waals surface area contributed by atoms with Gasteiger partial charge in [-0.05, 0) is 76.2 Å². The van der Waals surface area contributed by atoms with Crippen molar-refractivity contribution in [2.24, 2.45) is 10.7 Å². The van der Waals surface area contributed by atoms with E-state index in [-0.39, 0.29) is 11.4 Å². The number of aromatic nitrogens is 1. The van der Waals surface area contributed by atoms with Crippen molar-refractivity contribution in [2.75, 3.05) is 31.7 Å². The Balaban J connectivity index is 1.66. The number of carbonyl (C=O) groups is 1. The molecule has 0 radical (unpaired) electrons. The Kier molecular flexibility index (Phi) is 6.92. The minimum Gasteiger partial charge on any atom is -0.379 e. The molecule has 0 spiro atoms. The number of hydrogen-bond donors (Lipinski definition) is 2. The van der Waals surface area contributed by atoms with Crippen molar-refractivity contribution in [3.8, 4) is 0 Å². The molecule has 29 heavy (non-hydrogen) atoms. The Bertz CT molecular complexity index is 881. The first-order chi connectivity index (χ1) is 13.9. The van der Waals surface area contributed by atoms with E-state index in [0.29, 0.717) is 10.9 Å². The molecule has 0 aliphatic carbocycles. The first-order valence-electron chi connectivity index (χ1n) is 9.85. The quantitative estimate of drug-likeness (QED) is 0.729. The Morgan fingerprint density at radius 3 is 2.83 bits per heavy atom. The molecule has 0 saturated carbocycles. The van der Waals surface area contributed by atoms with Crippen LogP contribution in [-0.4, -0.2) is 47.4 Å². The van der Waals surface area contributed by atoms with Crippen LogP contribution in [0.2, 0.25) is 0 Å². The molecule has 3 rings (SSSR count). The predicted molar refractivity (Wildman–Crippen MR) is 122 cm³/mol. The second kappa shape index (κ2) is 9.41. The molecule has 1 aromatic heterocycles. The molecule has 1 aliphatic rings. The lowest BCUT2D eigenvalue weighted by atomic mass is 9.89. The van der Waals surface area contributed by atoms with Gasteiger partial charge in [0.05, 0.1) is 5.54 Å². The van der Waals surface area contributed by atoms with Crippen LogP contribution in [0.1, 0.15) is 41.4 Å². The summed E-state index contributed by atoms with van der Waals surface area (Å²) in [5, 5.41) is 3.56. The summed E-state index contributed by atoms with van der Waals surface area (Å²) in [4.78, 5) is 23.8. The van der Waals surface area contributed by atoms with Gasteiger partial charge in [0.25, 0.3) is 5.91 Å². The predicted octanol–water partition coefficient (Wildman–Crippen LogP) is 3.49. The molecule has 2 heterocycles. The number of nitrogens with zero attached hydrogens (tertiary/aromatic N) is 3. The van der Waals surface area contributed by atoms with Crippen molar-refractivity contribution < 1.29 is 4.79 Å². The smallest absolute Gasteiger partial charge is 0.274 e. The molecule has 1 amide bonds. The number of amidine groups is 1. The van der Waals surface area contributed by atoms with Crippen LogP contribution in [0.3, 0.4) is 0 Å². The van der Waals surface area contributed by atoms with Crippen LogP contribution in [0.15, 0.2) is 47.6 Å². The highest BCUT2D eigenvalue weighted by Gasteiger charge is 2.29. The van der Waals surface area contributed by atoms with E-state index in [1.165, 1.54) is 0 Å². The zero-order chi connectivity index (χ0) is 20.9. The van der Waals surface area contributed by atoms with Crippen LogP contribution in [0, 0.1) is 0 Å². The van der Waals surface area contributed by atoms with E-state index in [0.717, 1.165) is 48.4 Å². The molecule has 1 aromatic carbocycles. The van der Waals surface area contributed by atoms with E-state index in [9.17, 15) is 4.79 Å². The lowest BCUT2D eigenvalue weighted by molar-refractivity contribution is 0.102. The number of hydrogen-bond acceptors (Lipinski definition) is 6. The zero-order valence-electron chi connectivity index (χ0n) is 17.3. The van der Waals surface area contributed by atoms with Crippen LogP contribution in [0.5, 0.6) is 0 Å². The topological polar surface area (TPSA) is 83.6 Å².